The number of esters is 1. The van der Waals surface area contributed by atoms with Crippen molar-refractivity contribution in [2.24, 2.45) is 11.3 Å². The lowest BCUT2D eigenvalue weighted by atomic mass is 9.91. The van der Waals surface area contributed by atoms with E-state index < -0.39 is 0 Å². The van der Waals surface area contributed by atoms with E-state index in [9.17, 15) is 4.79 Å². The largest absolute Gasteiger partial charge is 0.465 e. The maximum absolute atomic E-state index is 11.9. The number of anilines is 1. The predicted molar refractivity (Wildman–Crippen MR) is 82.1 cm³/mol. The molecule has 0 bridgehead atoms. The van der Waals surface area contributed by atoms with Crippen molar-refractivity contribution in [3.05, 3.63) is 29.3 Å². The minimum absolute atomic E-state index is 0.277. The first-order chi connectivity index (χ1) is 9.32. The van der Waals surface area contributed by atoms with E-state index >= 15 is 0 Å². The van der Waals surface area contributed by atoms with Crippen LogP contribution in [0.15, 0.2) is 18.2 Å². The van der Waals surface area contributed by atoms with Gasteiger partial charge in [0.2, 0.25) is 0 Å². The van der Waals surface area contributed by atoms with Gasteiger partial charge in [0.1, 0.15) is 0 Å². The summed E-state index contributed by atoms with van der Waals surface area (Å²) < 4.78 is 4.89. The van der Waals surface area contributed by atoms with Gasteiger partial charge in [-0.1, -0.05) is 32.4 Å². The second-order valence-electron chi connectivity index (χ2n) is 6.84. The molecule has 1 aliphatic carbocycles. The number of hydrogen-bond donors (Lipinski definition) is 1. The van der Waals surface area contributed by atoms with E-state index in [-0.39, 0.29) is 5.97 Å². The van der Waals surface area contributed by atoms with E-state index in [0.29, 0.717) is 22.9 Å². The smallest absolute Gasteiger partial charge is 0.339 e. The lowest BCUT2D eigenvalue weighted by molar-refractivity contribution is 0.0601. The highest BCUT2D eigenvalue weighted by atomic mass is 16.5. The fourth-order valence-electron chi connectivity index (χ4n) is 3.35. The maximum Gasteiger partial charge on any atom is 0.339 e. The third-order valence-electron chi connectivity index (χ3n) is 4.26. The Kier molecular flexibility index (Phi) is 4.07. The van der Waals surface area contributed by atoms with E-state index in [4.69, 9.17) is 4.74 Å². The van der Waals surface area contributed by atoms with Gasteiger partial charge in [0, 0.05) is 11.7 Å². The molecule has 2 rings (SSSR count). The Labute approximate surface area is 121 Å². The summed E-state index contributed by atoms with van der Waals surface area (Å²) in [5, 5.41) is 3.56. The van der Waals surface area contributed by atoms with Gasteiger partial charge in [-0.2, -0.15) is 0 Å². The Morgan fingerprint density at radius 2 is 2.05 bits per heavy atom. The van der Waals surface area contributed by atoms with Crippen molar-refractivity contribution in [3.63, 3.8) is 0 Å². The molecule has 1 aromatic carbocycles. The van der Waals surface area contributed by atoms with Gasteiger partial charge in [-0.25, -0.2) is 4.79 Å². The number of ether oxygens (including phenoxy) is 1. The third-order valence-corrected chi connectivity index (χ3v) is 4.26. The van der Waals surface area contributed by atoms with Gasteiger partial charge in [-0.05, 0) is 43.2 Å². The van der Waals surface area contributed by atoms with Gasteiger partial charge >= 0.3 is 5.97 Å². The van der Waals surface area contributed by atoms with Crippen LogP contribution in [0.25, 0.3) is 0 Å². The number of carbonyl (C=O) groups is 1. The van der Waals surface area contributed by atoms with Crippen LogP contribution in [0.5, 0.6) is 0 Å². The first-order valence-corrected chi connectivity index (χ1v) is 7.28. The molecule has 0 aromatic heterocycles. The zero-order valence-electron chi connectivity index (χ0n) is 13.1. The summed E-state index contributed by atoms with van der Waals surface area (Å²) in [5.41, 5.74) is 2.95. The molecule has 0 amide bonds. The van der Waals surface area contributed by atoms with Crippen LogP contribution in [0.4, 0.5) is 5.69 Å². The summed E-state index contributed by atoms with van der Waals surface area (Å²) in [6.45, 7) is 8.87. The first kappa shape index (κ1) is 14.9. The Hall–Kier alpha value is -1.51. The lowest BCUT2D eigenvalue weighted by Crippen LogP contribution is -2.24. The first-order valence-electron chi connectivity index (χ1n) is 7.28. The van der Waals surface area contributed by atoms with E-state index in [1.54, 1.807) is 0 Å². The minimum atomic E-state index is -0.277. The quantitative estimate of drug-likeness (QED) is 0.847. The second kappa shape index (κ2) is 5.47. The zero-order valence-corrected chi connectivity index (χ0v) is 13.1. The summed E-state index contributed by atoms with van der Waals surface area (Å²) in [4.78, 5) is 11.9. The van der Waals surface area contributed by atoms with Crippen molar-refractivity contribution >= 4 is 11.7 Å². The molecule has 0 saturated heterocycles. The molecular formula is C17H25NO2. The Balaban J connectivity index is 2.23. The van der Waals surface area contributed by atoms with Crippen molar-refractivity contribution in [1.29, 1.82) is 0 Å². The molecule has 1 fully saturated rings. The molecule has 3 heteroatoms. The molecule has 0 spiro atoms. The molecular weight excluding hydrogens is 250 g/mol. The van der Waals surface area contributed by atoms with Gasteiger partial charge in [0.15, 0.2) is 0 Å². The van der Waals surface area contributed by atoms with Gasteiger partial charge in [0.25, 0.3) is 0 Å². The van der Waals surface area contributed by atoms with Crippen molar-refractivity contribution in [2.45, 2.75) is 46.6 Å². The summed E-state index contributed by atoms with van der Waals surface area (Å²) in [6, 6.07) is 6.31. The fourth-order valence-corrected chi connectivity index (χ4v) is 3.35. The number of rotatable bonds is 3. The van der Waals surface area contributed by atoms with Crippen molar-refractivity contribution in [1.82, 2.24) is 0 Å². The highest BCUT2D eigenvalue weighted by Gasteiger charge is 2.36. The summed E-state index contributed by atoms with van der Waals surface area (Å²) in [7, 11) is 1.43. The number of benzene rings is 1. The lowest BCUT2D eigenvalue weighted by Gasteiger charge is -2.21. The average molecular weight is 275 g/mol. The van der Waals surface area contributed by atoms with Crippen LogP contribution in [-0.2, 0) is 4.74 Å². The van der Waals surface area contributed by atoms with Crippen LogP contribution in [0.3, 0.4) is 0 Å². The molecule has 3 nitrogen and oxygen atoms in total. The van der Waals surface area contributed by atoms with E-state index in [0.717, 1.165) is 17.7 Å². The molecule has 0 radical (unpaired) electrons. The molecule has 2 atom stereocenters. The van der Waals surface area contributed by atoms with Crippen molar-refractivity contribution in [3.8, 4) is 0 Å². The van der Waals surface area contributed by atoms with E-state index in [1.165, 1.54) is 13.5 Å². The topological polar surface area (TPSA) is 38.3 Å². The number of hydrogen-bond acceptors (Lipinski definition) is 3. The van der Waals surface area contributed by atoms with Crippen LogP contribution >= 0.6 is 0 Å². The average Bonchev–Trinajstić information content (AvgIpc) is 2.63. The summed E-state index contributed by atoms with van der Waals surface area (Å²) >= 11 is 0. The molecule has 2 unspecified atom stereocenters. The van der Waals surface area contributed by atoms with Crippen LogP contribution in [-0.4, -0.2) is 19.1 Å². The third kappa shape index (κ3) is 3.14. The number of methoxy groups -OCH3 is 1. The number of carbonyl (C=O) groups excluding carboxylic acids is 1. The molecule has 0 aliphatic heterocycles. The highest BCUT2D eigenvalue weighted by molar-refractivity contribution is 5.95. The SMILES string of the molecule is COC(=O)c1cc(C)ccc1NC1CC(C)(C)CC1C. The van der Waals surface area contributed by atoms with Crippen molar-refractivity contribution < 1.29 is 9.53 Å². The van der Waals surface area contributed by atoms with Crippen molar-refractivity contribution in [2.75, 3.05) is 12.4 Å². The summed E-state index contributed by atoms with van der Waals surface area (Å²) in [5.74, 6) is 0.331. The molecule has 1 saturated carbocycles. The van der Waals surface area contributed by atoms with Crippen LogP contribution < -0.4 is 5.32 Å². The van der Waals surface area contributed by atoms with E-state index in [2.05, 4.69) is 26.1 Å². The molecule has 20 heavy (non-hydrogen) atoms. The maximum atomic E-state index is 11.9. The van der Waals surface area contributed by atoms with Gasteiger partial charge in [0.05, 0.1) is 12.7 Å². The normalized spacial score (nSPS) is 24.4. The van der Waals surface area contributed by atoms with E-state index in [1.807, 2.05) is 25.1 Å². The summed E-state index contributed by atoms with van der Waals surface area (Å²) in [6.07, 6.45) is 2.34. The molecule has 1 aromatic rings. The Bertz CT molecular complexity index is 508. The van der Waals surface area contributed by atoms with Gasteiger partial charge in [-0.3, -0.25) is 0 Å². The molecule has 110 valence electrons. The predicted octanol–water partition coefficient (Wildman–Crippen LogP) is 4.02. The standard InChI is InChI=1S/C17H25NO2/c1-11-6-7-14(13(8-11)16(19)20-5)18-15-10-17(3,4)9-12(15)2/h6-8,12,15,18H,9-10H2,1-5H3. The van der Waals surface area contributed by atoms with Gasteiger partial charge in [-0.15, -0.1) is 0 Å². The Morgan fingerprint density at radius 1 is 1.35 bits per heavy atom. The van der Waals surface area contributed by atoms with Gasteiger partial charge < -0.3 is 10.1 Å². The molecule has 1 aliphatic rings. The second-order valence-corrected chi connectivity index (χ2v) is 6.84. The van der Waals surface area contributed by atoms with Crippen LogP contribution in [0.2, 0.25) is 0 Å². The monoisotopic (exact) mass is 275 g/mol. The zero-order chi connectivity index (χ0) is 14.9. The van der Waals surface area contributed by atoms with Crippen LogP contribution in [0, 0.1) is 18.3 Å². The Morgan fingerprint density at radius 3 is 2.60 bits per heavy atom. The minimum Gasteiger partial charge on any atom is -0.465 e. The van der Waals surface area contributed by atoms with Crippen LogP contribution in [0.1, 0.15) is 49.5 Å². The highest BCUT2D eigenvalue weighted by Crippen LogP contribution is 2.42. The molecule has 0 heterocycles. The fraction of sp³-hybridized carbons (Fsp3) is 0.588. The number of aryl methyl sites for hydroxylation is 1. The molecule has 1 N–H and O–H groups in total. The number of nitrogens with one attached hydrogen (secondary N) is 1.